The molecular weight excluding hydrogens is 437 g/mol. The third kappa shape index (κ3) is 3.35. The van der Waals surface area contributed by atoms with E-state index in [0.29, 0.717) is 0 Å². The van der Waals surface area contributed by atoms with Crippen molar-refractivity contribution in [1.29, 1.82) is 0 Å². The van der Waals surface area contributed by atoms with Crippen LogP contribution in [-0.4, -0.2) is 35.7 Å². The number of carbonyl (C=O) groups excluding carboxylic acids is 1. The monoisotopic (exact) mass is 451 g/mol. The fourth-order valence-corrected chi connectivity index (χ4v) is 3.23. The second-order valence-electron chi connectivity index (χ2n) is 4.38. The molecule has 1 aromatic rings. The average Bonchev–Trinajstić information content (AvgIpc) is 2.44. The summed E-state index contributed by atoms with van der Waals surface area (Å²) in [5, 5.41) is 0. The number of rotatable bonds is 4. The Kier molecular flexibility index (Phi) is 5.45. The van der Waals surface area contributed by atoms with Gasteiger partial charge in [0, 0.05) is 29.9 Å². The van der Waals surface area contributed by atoms with Gasteiger partial charge in [0.1, 0.15) is 5.75 Å². The quantitative estimate of drug-likeness (QED) is 0.400. The fourth-order valence-electron chi connectivity index (χ4n) is 1.99. The summed E-state index contributed by atoms with van der Waals surface area (Å²) in [6.07, 6.45) is 2.85. The fraction of sp³-hybridized carbons (Fsp3) is 0.357. The van der Waals surface area contributed by atoms with Crippen LogP contribution in [0, 0.1) is 0 Å². The van der Waals surface area contributed by atoms with Crippen LogP contribution in [0.25, 0.3) is 5.70 Å². The van der Waals surface area contributed by atoms with Crippen LogP contribution in [0.2, 0.25) is 0 Å². The first-order valence-corrected chi connectivity index (χ1v) is 8.12. The largest absolute Gasteiger partial charge is 0.468 e. The number of alkyl halides is 1. The van der Waals surface area contributed by atoms with Crippen molar-refractivity contribution in [1.82, 2.24) is 4.90 Å². The van der Waals surface area contributed by atoms with Gasteiger partial charge < -0.3 is 14.4 Å². The van der Waals surface area contributed by atoms with E-state index in [0.717, 1.165) is 27.9 Å². The lowest BCUT2D eigenvalue weighted by atomic mass is 10.0. The zero-order valence-corrected chi connectivity index (χ0v) is 15.0. The number of amides is 1. The minimum Gasteiger partial charge on any atom is -0.468 e. The SMILES string of the molecule is COCOc1ccc(C2=CCC(I)C(=O)N2C)c(Br)c1. The Bertz CT molecular complexity index is 547. The molecule has 108 valence electrons. The summed E-state index contributed by atoms with van der Waals surface area (Å²) < 4.78 is 11.2. The molecule has 1 aliphatic heterocycles. The highest BCUT2D eigenvalue weighted by molar-refractivity contribution is 14.1. The van der Waals surface area contributed by atoms with Crippen molar-refractivity contribution in [2.24, 2.45) is 0 Å². The lowest BCUT2D eigenvalue weighted by Gasteiger charge is -2.28. The number of benzene rings is 1. The van der Waals surface area contributed by atoms with E-state index >= 15 is 0 Å². The third-order valence-corrected chi connectivity index (χ3v) is 4.74. The summed E-state index contributed by atoms with van der Waals surface area (Å²) in [5.41, 5.74) is 1.90. The van der Waals surface area contributed by atoms with Crippen molar-refractivity contribution in [2.45, 2.75) is 10.3 Å². The number of hydrogen-bond donors (Lipinski definition) is 0. The molecule has 1 heterocycles. The van der Waals surface area contributed by atoms with Gasteiger partial charge in [-0.1, -0.05) is 28.7 Å². The van der Waals surface area contributed by atoms with Gasteiger partial charge in [-0.2, -0.15) is 0 Å². The minimum absolute atomic E-state index is 0.0180. The predicted octanol–water partition coefficient (Wildman–Crippen LogP) is 3.44. The summed E-state index contributed by atoms with van der Waals surface area (Å²) in [6.45, 7) is 0.212. The van der Waals surface area contributed by atoms with Gasteiger partial charge >= 0.3 is 0 Å². The van der Waals surface area contributed by atoms with E-state index in [1.54, 1.807) is 19.1 Å². The lowest BCUT2D eigenvalue weighted by molar-refractivity contribution is -0.126. The van der Waals surface area contributed by atoms with Crippen LogP contribution in [0.15, 0.2) is 28.7 Å². The van der Waals surface area contributed by atoms with Crippen LogP contribution >= 0.6 is 38.5 Å². The molecule has 0 aliphatic carbocycles. The van der Waals surface area contributed by atoms with Crippen molar-refractivity contribution in [3.63, 3.8) is 0 Å². The van der Waals surface area contributed by atoms with E-state index in [9.17, 15) is 4.79 Å². The number of methoxy groups -OCH3 is 1. The van der Waals surface area contributed by atoms with Gasteiger partial charge in [-0.25, -0.2) is 0 Å². The summed E-state index contributed by atoms with van der Waals surface area (Å²) in [6, 6.07) is 5.69. The highest BCUT2D eigenvalue weighted by Crippen LogP contribution is 2.33. The van der Waals surface area contributed by atoms with Gasteiger partial charge in [0.25, 0.3) is 0 Å². The van der Waals surface area contributed by atoms with E-state index in [2.05, 4.69) is 44.6 Å². The zero-order valence-electron chi connectivity index (χ0n) is 11.2. The average molecular weight is 452 g/mol. The maximum atomic E-state index is 12.0. The van der Waals surface area contributed by atoms with Crippen molar-refractivity contribution < 1.29 is 14.3 Å². The van der Waals surface area contributed by atoms with E-state index in [-0.39, 0.29) is 16.6 Å². The Hall–Kier alpha value is -0.600. The summed E-state index contributed by atoms with van der Waals surface area (Å²) in [4.78, 5) is 13.8. The topological polar surface area (TPSA) is 38.8 Å². The summed E-state index contributed by atoms with van der Waals surface area (Å²) in [5.74, 6) is 0.856. The van der Waals surface area contributed by atoms with Gasteiger partial charge in [0.2, 0.25) is 5.91 Å². The molecule has 1 aromatic carbocycles. The smallest absolute Gasteiger partial charge is 0.240 e. The molecule has 0 saturated carbocycles. The highest BCUT2D eigenvalue weighted by Gasteiger charge is 2.27. The predicted molar refractivity (Wildman–Crippen MR) is 89.8 cm³/mol. The highest BCUT2D eigenvalue weighted by atomic mass is 127. The van der Waals surface area contributed by atoms with Crippen molar-refractivity contribution in [3.8, 4) is 5.75 Å². The molecular formula is C14H15BrINO3. The second-order valence-corrected chi connectivity index (χ2v) is 6.74. The maximum absolute atomic E-state index is 12.0. The molecule has 0 spiro atoms. The Labute approximate surface area is 140 Å². The molecule has 0 aromatic heterocycles. The van der Waals surface area contributed by atoms with E-state index in [1.807, 2.05) is 18.2 Å². The lowest BCUT2D eigenvalue weighted by Crippen LogP contribution is -2.35. The Balaban J connectivity index is 2.27. The van der Waals surface area contributed by atoms with Gasteiger partial charge in [0.15, 0.2) is 6.79 Å². The van der Waals surface area contributed by atoms with Crippen molar-refractivity contribution in [2.75, 3.05) is 21.0 Å². The van der Waals surface area contributed by atoms with Gasteiger partial charge in [-0.3, -0.25) is 4.79 Å². The van der Waals surface area contributed by atoms with Gasteiger partial charge in [-0.05, 0) is 40.5 Å². The van der Waals surface area contributed by atoms with Crippen LogP contribution in [0.5, 0.6) is 5.75 Å². The normalized spacial score (nSPS) is 19.0. The van der Waals surface area contributed by atoms with Gasteiger partial charge in [-0.15, -0.1) is 0 Å². The first-order valence-electron chi connectivity index (χ1n) is 6.08. The summed E-state index contributed by atoms with van der Waals surface area (Å²) >= 11 is 5.71. The Morgan fingerprint density at radius 3 is 2.90 bits per heavy atom. The van der Waals surface area contributed by atoms with Crippen LogP contribution < -0.4 is 4.74 Å². The van der Waals surface area contributed by atoms with Crippen molar-refractivity contribution >= 4 is 50.1 Å². The van der Waals surface area contributed by atoms with Crippen LogP contribution in [0.1, 0.15) is 12.0 Å². The molecule has 0 bridgehead atoms. The Morgan fingerprint density at radius 1 is 1.50 bits per heavy atom. The standard InChI is InChI=1S/C14H15BrINO3/c1-17-13(6-5-12(16)14(17)18)10-4-3-9(7-11(10)15)20-8-19-2/h3-4,6-7,12H,5,8H2,1-2H3. The van der Waals surface area contributed by atoms with Crippen LogP contribution in [-0.2, 0) is 9.53 Å². The maximum Gasteiger partial charge on any atom is 0.240 e. The molecule has 0 N–H and O–H groups in total. The molecule has 1 atom stereocenters. The molecule has 6 heteroatoms. The number of carbonyl (C=O) groups is 1. The van der Waals surface area contributed by atoms with Crippen molar-refractivity contribution in [3.05, 3.63) is 34.3 Å². The third-order valence-electron chi connectivity index (χ3n) is 3.04. The molecule has 4 nitrogen and oxygen atoms in total. The minimum atomic E-state index is 0.0180. The molecule has 2 rings (SSSR count). The zero-order chi connectivity index (χ0) is 14.7. The number of halogens is 2. The molecule has 1 aliphatic rings. The summed E-state index contributed by atoms with van der Waals surface area (Å²) in [7, 11) is 3.39. The number of hydrogen-bond acceptors (Lipinski definition) is 3. The molecule has 0 saturated heterocycles. The van der Waals surface area contributed by atoms with Crippen LogP contribution in [0.4, 0.5) is 0 Å². The first kappa shape index (κ1) is 15.8. The molecule has 1 amide bonds. The molecule has 20 heavy (non-hydrogen) atoms. The van der Waals surface area contributed by atoms with E-state index in [1.165, 1.54) is 0 Å². The first-order chi connectivity index (χ1) is 9.54. The van der Waals surface area contributed by atoms with E-state index < -0.39 is 0 Å². The van der Waals surface area contributed by atoms with Crippen LogP contribution in [0.3, 0.4) is 0 Å². The Morgan fingerprint density at radius 2 is 2.25 bits per heavy atom. The number of ether oxygens (including phenoxy) is 2. The number of nitrogens with zero attached hydrogens (tertiary/aromatic N) is 1. The number of allylic oxidation sites excluding steroid dienone is 1. The van der Waals surface area contributed by atoms with E-state index in [4.69, 9.17) is 9.47 Å². The molecule has 0 radical (unpaired) electrons. The van der Waals surface area contributed by atoms with Gasteiger partial charge in [0.05, 0.1) is 3.92 Å². The molecule has 1 unspecified atom stereocenters. The molecule has 0 fully saturated rings. The second kappa shape index (κ2) is 6.91.